The second kappa shape index (κ2) is 9.75. The number of morpholine rings is 1. The number of benzene rings is 1. The molecule has 0 bridgehead atoms. The van der Waals surface area contributed by atoms with E-state index in [2.05, 4.69) is 39.0 Å². The second-order valence-corrected chi connectivity index (χ2v) is 9.18. The average Bonchev–Trinajstić information content (AvgIpc) is 3.09. The summed E-state index contributed by atoms with van der Waals surface area (Å²) in [5, 5.41) is 11.2. The van der Waals surface area contributed by atoms with Gasteiger partial charge in [-0.15, -0.1) is 0 Å². The number of carbonyl (C=O) groups is 1. The zero-order chi connectivity index (χ0) is 21.0. The van der Waals surface area contributed by atoms with Crippen molar-refractivity contribution in [1.29, 1.82) is 0 Å². The molecule has 1 N–H and O–H groups in total. The number of hydrogen-bond acceptors (Lipinski definition) is 6. The number of ether oxygens (including phenoxy) is 1. The lowest BCUT2D eigenvalue weighted by atomic mass is 10.0. The third-order valence-electron chi connectivity index (χ3n) is 6.65. The van der Waals surface area contributed by atoms with E-state index in [0.29, 0.717) is 13.1 Å². The van der Waals surface area contributed by atoms with Gasteiger partial charge in [0.2, 0.25) is 5.91 Å². The summed E-state index contributed by atoms with van der Waals surface area (Å²) in [4.78, 5) is 20.5. The molecule has 3 fully saturated rings. The van der Waals surface area contributed by atoms with Gasteiger partial charge in [-0.05, 0) is 17.5 Å². The summed E-state index contributed by atoms with van der Waals surface area (Å²) in [6, 6.07) is 8.87. The maximum absolute atomic E-state index is 11.5. The third-order valence-corrected chi connectivity index (χ3v) is 6.65. The Bertz CT molecular complexity index is 716. The smallest absolute Gasteiger partial charge is 0.219 e. The molecule has 3 heterocycles. The van der Waals surface area contributed by atoms with Crippen molar-refractivity contribution in [2.24, 2.45) is 0 Å². The first kappa shape index (κ1) is 21.7. The van der Waals surface area contributed by atoms with Crippen molar-refractivity contribution in [3.8, 4) is 0 Å². The Morgan fingerprint density at radius 3 is 2.30 bits per heavy atom. The fourth-order valence-electron chi connectivity index (χ4n) is 4.94. The molecule has 0 radical (unpaired) electrons. The SMILES string of the molecule is CC(=O)N1CCN(CC2(O)CCN(Cc3cccc(CN4CCOCC4)c3)C2)CC1. The number of piperazine rings is 1. The van der Waals surface area contributed by atoms with Crippen molar-refractivity contribution < 1.29 is 14.6 Å². The van der Waals surface area contributed by atoms with Gasteiger partial charge in [-0.3, -0.25) is 19.5 Å². The van der Waals surface area contributed by atoms with Crippen molar-refractivity contribution >= 4 is 5.91 Å². The number of amides is 1. The summed E-state index contributed by atoms with van der Waals surface area (Å²) >= 11 is 0. The Balaban J connectivity index is 1.26. The van der Waals surface area contributed by atoms with Crippen LogP contribution < -0.4 is 0 Å². The van der Waals surface area contributed by atoms with Gasteiger partial charge >= 0.3 is 0 Å². The molecule has 3 aliphatic rings. The van der Waals surface area contributed by atoms with Gasteiger partial charge in [-0.25, -0.2) is 0 Å². The van der Waals surface area contributed by atoms with Gasteiger partial charge in [0.1, 0.15) is 0 Å². The van der Waals surface area contributed by atoms with Crippen LogP contribution in [0.5, 0.6) is 0 Å². The molecule has 1 amide bonds. The van der Waals surface area contributed by atoms with Gasteiger partial charge in [0.05, 0.1) is 18.8 Å². The third kappa shape index (κ3) is 5.80. The Morgan fingerprint density at radius 1 is 0.967 bits per heavy atom. The van der Waals surface area contributed by atoms with Crippen LogP contribution in [0.4, 0.5) is 0 Å². The van der Waals surface area contributed by atoms with E-state index < -0.39 is 5.60 Å². The summed E-state index contributed by atoms with van der Waals surface area (Å²) in [6.45, 7) is 12.8. The normalized spacial score (nSPS) is 26.9. The van der Waals surface area contributed by atoms with E-state index in [4.69, 9.17) is 4.74 Å². The fraction of sp³-hybridized carbons (Fsp3) is 0.696. The van der Waals surface area contributed by atoms with Gasteiger partial charge in [0.25, 0.3) is 0 Å². The predicted molar refractivity (Wildman–Crippen MR) is 116 cm³/mol. The minimum absolute atomic E-state index is 0.149. The van der Waals surface area contributed by atoms with Gasteiger partial charge in [-0.1, -0.05) is 24.3 Å². The highest BCUT2D eigenvalue weighted by molar-refractivity contribution is 5.73. The summed E-state index contributed by atoms with van der Waals surface area (Å²) in [5.74, 6) is 0.149. The lowest BCUT2D eigenvalue weighted by Crippen LogP contribution is -2.53. The molecule has 3 saturated heterocycles. The quantitative estimate of drug-likeness (QED) is 0.734. The van der Waals surface area contributed by atoms with E-state index in [1.165, 1.54) is 11.1 Å². The summed E-state index contributed by atoms with van der Waals surface area (Å²) in [7, 11) is 0. The summed E-state index contributed by atoms with van der Waals surface area (Å²) in [5.41, 5.74) is 2.02. The monoisotopic (exact) mass is 416 g/mol. The molecule has 30 heavy (non-hydrogen) atoms. The minimum Gasteiger partial charge on any atom is -0.387 e. The number of rotatable bonds is 6. The van der Waals surface area contributed by atoms with Crippen LogP contribution in [0.25, 0.3) is 0 Å². The summed E-state index contributed by atoms with van der Waals surface area (Å²) < 4.78 is 5.45. The molecule has 7 nitrogen and oxygen atoms in total. The average molecular weight is 417 g/mol. The number of likely N-dealkylation sites (tertiary alicyclic amines) is 1. The molecule has 7 heteroatoms. The van der Waals surface area contributed by atoms with Crippen molar-refractivity contribution in [1.82, 2.24) is 19.6 Å². The topological polar surface area (TPSA) is 59.5 Å². The first-order valence-corrected chi connectivity index (χ1v) is 11.3. The molecule has 0 aromatic heterocycles. The highest BCUT2D eigenvalue weighted by Gasteiger charge is 2.38. The van der Waals surface area contributed by atoms with Crippen LogP contribution in [-0.2, 0) is 22.6 Å². The molecule has 1 atom stereocenters. The van der Waals surface area contributed by atoms with Crippen molar-refractivity contribution in [3.05, 3.63) is 35.4 Å². The highest BCUT2D eigenvalue weighted by Crippen LogP contribution is 2.25. The van der Waals surface area contributed by atoms with Crippen LogP contribution in [0.2, 0.25) is 0 Å². The van der Waals surface area contributed by atoms with E-state index in [1.54, 1.807) is 6.92 Å². The maximum atomic E-state index is 11.5. The molecule has 0 saturated carbocycles. The first-order valence-electron chi connectivity index (χ1n) is 11.3. The first-order chi connectivity index (χ1) is 14.5. The molecule has 4 rings (SSSR count). The molecular formula is C23H36N4O3. The number of β-amino-alcohol motifs (C(OH)–C–C–N with tert-alkyl or cyclic N) is 1. The van der Waals surface area contributed by atoms with E-state index in [-0.39, 0.29) is 5.91 Å². The van der Waals surface area contributed by atoms with Gasteiger partial charge in [0, 0.05) is 78.9 Å². The minimum atomic E-state index is -0.649. The summed E-state index contributed by atoms with van der Waals surface area (Å²) in [6.07, 6.45) is 0.813. The molecule has 166 valence electrons. The van der Waals surface area contributed by atoms with Crippen LogP contribution in [-0.4, -0.2) is 108 Å². The molecule has 0 spiro atoms. The predicted octanol–water partition coefficient (Wildman–Crippen LogP) is 0.620. The Labute approximate surface area is 180 Å². The standard InChI is InChI=1S/C23H36N4O3/c1-20(28)27-9-7-25(8-10-27)18-23(29)5-6-26(19-23)17-22-4-2-3-21(15-22)16-24-11-13-30-14-12-24/h2-4,15,29H,5-14,16-19H2,1H3. The molecule has 1 aromatic rings. The van der Waals surface area contributed by atoms with Gasteiger partial charge in [-0.2, -0.15) is 0 Å². The van der Waals surface area contributed by atoms with Gasteiger partial charge in [0.15, 0.2) is 0 Å². The maximum Gasteiger partial charge on any atom is 0.219 e. The lowest BCUT2D eigenvalue weighted by molar-refractivity contribution is -0.130. The van der Waals surface area contributed by atoms with Crippen LogP contribution in [0, 0.1) is 0 Å². The Hall–Kier alpha value is -1.51. The van der Waals surface area contributed by atoms with Crippen LogP contribution in [0.15, 0.2) is 24.3 Å². The van der Waals surface area contributed by atoms with E-state index >= 15 is 0 Å². The number of aliphatic hydroxyl groups is 1. The van der Waals surface area contributed by atoms with E-state index in [1.807, 2.05) is 4.90 Å². The largest absolute Gasteiger partial charge is 0.387 e. The van der Waals surface area contributed by atoms with Crippen LogP contribution in [0.3, 0.4) is 0 Å². The zero-order valence-corrected chi connectivity index (χ0v) is 18.3. The number of hydrogen-bond donors (Lipinski definition) is 1. The van der Waals surface area contributed by atoms with Gasteiger partial charge < -0.3 is 14.7 Å². The van der Waals surface area contributed by atoms with Crippen LogP contribution >= 0.6 is 0 Å². The molecule has 1 unspecified atom stereocenters. The van der Waals surface area contributed by atoms with Crippen molar-refractivity contribution in [2.75, 3.05) is 72.1 Å². The molecular weight excluding hydrogens is 380 g/mol. The highest BCUT2D eigenvalue weighted by atomic mass is 16.5. The Morgan fingerprint density at radius 2 is 1.63 bits per heavy atom. The zero-order valence-electron chi connectivity index (χ0n) is 18.3. The second-order valence-electron chi connectivity index (χ2n) is 9.18. The lowest BCUT2D eigenvalue weighted by Gasteiger charge is -2.38. The van der Waals surface area contributed by atoms with Crippen molar-refractivity contribution in [3.63, 3.8) is 0 Å². The fourth-order valence-corrected chi connectivity index (χ4v) is 4.94. The van der Waals surface area contributed by atoms with Crippen LogP contribution in [0.1, 0.15) is 24.5 Å². The molecule has 1 aromatic carbocycles. The van der Waals surface area contributed by atoms with E-state index in [0.717, 1.165) is 78.5 Å². The number of nitrogens with zero attached hydrogens (tertiary/aromatic N) is 4. The van der Waals surface area contributed by atoms with E-state index in [9.17, 15) is 9.90 Å². The van der Waals surface area contributed by atoms with Crippen molar-refractivity contribution in [2.45, 2.75) is 32.0 Å². The Kier molecular flexibility index (Phi) is 7.05. The molecule has 0 aliphatic carbocycles. The molecule has 3 aliphatic heterocycles. The number of carbonyl (C=O) groups excluding carboxylic acids is 1.